The highest BCUT2D eigenvalue weighted by molar-refractivity contribution is 9.10. The van der Waals surface area contributed by atoms with Crippen LogP contribution < -0.4 is 14.8 Å². The Labute approximate surface area is 119 Å². The Morgan fingerprint density at radius 1 is 1.11 bits per heavy atom. The van der Waals surface area contributed by atoms with E-state index in [1.807, 2.05) is 37.3 Å². The van der Waals surface area contributed by atoms with E-state index in [0.29, 0.717) is 13.2 Å². The van der Waals surface area contributed by atoms with Gasteiger partial charge in [-0.25, -0.2) is 0 Å². The Hall–Kier alpha value is -1.62. The van der Waals surface area contributed by atoms with Gasteiger partial charge in [-0.2, -0.15) is 0 Å². The van der Waals surface area contributed by atoms with E-state index in [4.69, 9.17) is 13.9 Å². The van der Waals surface area contributed by atoms with Crippen LogP contribution in [0.15, 0.2) is 39.4 Å². The van der Waals surface area contributed by atoms with Crippen LogP contribution in [-0.4, -0.2) is 13.2 Å². The normalized spacial score (nSPS) is 15.1. The molecular formula is C14H14BrNO3. The van der Waals surface area contributed by atoms with Crippen LogP contribution in [0, 0.1) is 0 Å². The standard InChI is InChI=1S/C14H14BrNO3/c1-9(11-4-5-14(15)19-11)16-10-2-3-12-13(8-10)18-7-6-17-12/h2-5,8-9,16H,6-7H2,1H3. The number of hydrogen-bond acceptors (Lipinski definition) is 4. The van der Waals surface area contributed by atoms with Crippen LogP contribution in [0.5, 0.6) is 11.5 Å². The molecule has 0 bridgehead atoms. The molecule has 19 heavy (non-hydrogen) atoms. The van der Waals surface area contributed by atoms with E-state index in [9.17, 15) is 0 Å². The van der Waals surface area contributed by atoms with Gasteiger partial charge in [0.25, 0.3) is 0 Å². The maximum Gasteiger partial charge on any atom is 0.169 e. The number of ether oxygens (including phenoxy) is 2. The van der Waals surface area contributed by atoms with Crippen molar-refractivity contribution in [2.24, 2.45) is 0 Å². The molecule has 2 heterocycles. The zero-order valence-corrected chi connectivity index (χ0v) is 12.1. The number of rotatable bonds is 3. The second-order valence-corrected chi connectivity index (χ2v) is 5.15. The van der Waals surface area contributed by atoms with Crippen LogP contribution in [0.25, 0.3) is 0 Å². The molecule has 1 aromatic heterocycles. The summed E-state index contributed by atoms with van der Waals surface area (Å²) in [5.41, 5.74) is 0.976. The molecule has 1 aliphatic rings. The molecule has 0 spiro atoms. The van der Waals surface area contributed by atoms with E-state index in [0.717, 1.165) is 27.6 Å². The van der Waals surface area contributed by atoms with Gasteiger partial charge in [0.15, 0.2) is 16.2 Å². The van der Waals surface area contributed by atoms with E-state index in [-0.39, 0.29) is 6.04 Å². The fourth-order valence-electron chi connectivity index (χ4n) is 2.02. The Morgan fingerprint density at radius 2 is 1.89 bits per heavy atom. The minimum absolute atomic E-state index is 0.0776. The third kappa shape index (κ3) is 2.71. The summed E-state index contributed by atoms with van der Waals surface area (Å²) in [6, 6.07) is 9.75. The number of halogens is 1. The Balaban J connectivity index is 1.76. The lowest BCUT2D eigenvalue weighted by molar-refractivity contribution is 0.171. The number of furan rings is 1. The Morgan fingerprint density at radius 3 is 2.63 bits per heavy atom. The first-order valence-electron chi connectivity index (χ1n) is 6.14. The van der Waals surface area contributed by atoms with Gasteiger partial charge in [-0.3, -0.25) is 0 Å². The molecule has 1 unspecified atom stereocenters. The second-order valence-electron chi connectivity index (χ2n) is 4.37. The van der Waals surface area contributed by atoms with Crippen LogP contribution in [0.2, 0.25) is 0 Å². The highest BCUT2D eigenvalue weighted by atomic mass is 79.9. The van der Waals surface area contributed by atoms with Gasteiger partial charge < -0.3 is 19.2 Å². The number of benzene rings is 1. The quantitative estimate of drug-likeness (QED) is 0.927. The van der Waals surface area contributed by atoms with Crippen molar-refractivity contribution in [2.45, 2.75) is 13.0 Å². The number of hydrogen-bond donors (Lipinski definition) is 1. The molecule has 5 heteroatoms. The van der Waals surface area contributed by atoms with Gasteiger partial charge >= 0.3 is 0 Å². The summed E-state index contributed by atoms with van der Waals surface area (Å²) in [5.74, 6) is 2.45. The molecule has 0 radical (unpaired) electrons. The Bertz CT molecular complexity index is 582. The third-order valence-electron chi connectivity index (χ3n) is 2.95. The number of nitrogens with one attached hydrogen (secondary N) is 1. The fraction of sp³-hybridized carbons (Fsp3) is 0.286. The first-order chi connectivity index (χ1) is 9.22. The van der Waals surface area contributed by atoms with E-state index in [1.54, 1.807) is 0 Å². The average molecular weight is 324 g/mol. The van der Waals surface area contributed by atoms with Crippen molar-refractivity contribution in [3.05, 3.63) is 40.8 Å². The van der Waals surface area contributed by atoms with Gasteiger partial charge in [-0.1, -0.05) is 0 Å². The molecule has 1 atom stereocenters. The predicted octanol–water partition coefficient (Wildman–Crippen LogP) is 3.99. The molecule has 0 saturated carbocycles. The molecular weight excluding hydrogens is 310 g/mol. The van der Waals surface area contributed by atoms with Crippen LogP contribution in [-0.2, 0) is 0 Å². The molecule has 4 nitrogen and oxygen atoms in total. The first kappa shape index (κ1) is 12.4. The SMILES string of the molecule is CC(Nc1ccc2c(c1)OCCO2)c1ccc(Br)o1. The summed E-state index contributed by atoms with van der Waals surface area (Å²) < 4.78 is 17.3. The second kappa shape index (κ2) is 5.17. The summed E-state index contributed by atoms with van der Waals surface area (Å²) >= 11 is 3.30. The van der Waals surface area contributed by atoms with Crippen molar-refractivity contribution in [1.29, 1.82) is 0 Å². The molecule has 1 N–H and O–H groups in total. The lowest BCUT2D eigenvalue weighted by Crippen LogP contribution is -2.15. The van der Waals surface area contributed by atoms with E-state index < -0.39 is 0 Å². The van der Waals surface area contributed by atoms with E-state index >= 15 is 0 Å². The Kier molecular flexibility index (Phi) is 3.38. The van der Waals surface area contributed by atoms with Crippen LogP contribution in [0.1, 0.15) is 18.7 Å². The van der Waals surface area contributed by atoms with Crippen molar-refractivity contribution in [3.8, 4) is 11.5 Å². The molecule has 0 saturated heterocycles. The molecule has 3 rings (SSSR count). The van der Waals surface area contributed by atoms with Crippen molar-refractivity contribution in [1.82, 2.24) is 0 Å². The molecule has 1 aromatic carbocycles. The summed E-state index contributed by atoms with van der Waals surface area (Å²) in [5, 5.41) is 3.37. The van der Waals surface area contributed by atoms with Gasteiger partial charge in [0.1, 0.15) is 19.0 Å². The zero-order valence-electron chi connectivity index (χ0n) is 10.5. The summed E-state index contributed by atoms with van der Waals surface area (Å²) in [6.45, 7) is 3.25. The highest BCUT2D eigenvalue weighted by Gasteiger charge is 2.14. The molecule has 0 fully saturated rings. The molecule has 0 amide bonds. The molecule has 0 aliphatic carbocycles. The lowest BCUT2D eigenvalue weighted by atomic mass is 10.2. The van der Waals surface area contributed by atoms with Crippen LogP contribution in [0.4, 0.5) is 5.69 Å². The van der Waals surface area contributed by atoms with Crippen molar-refractivity contribution >= 4 is 21.6 Å². The van der Waals surface area contributed by atoms with Gasteiger partial charge in [-0.05, 0) is 47.1 Å². The average Bonchev–Trinajstić information content (AvgIpc) is 2.85. The zero-order chi connectivity index (χ0) is 13.2. The largest absolute Gasteiger partial charge is 0.486 e. The van der Waals surface area contributed by atoms with Gasteiger partial charge in [-0.15, -0.1) is 0 Å². The molecule has 2 aromatic rings. The topological polar surface area (TPSA) is 43.6 Å². The van der Waals surface area contributed by atoms with Crippen molar-refractivity contribution < 1.29 is 13.9 Å². The minimum Gasteiger partial charge on any atom is -0.486 e. The predicted molar refractivity (Wildman–Crippen MR) is 75.9 cm³/mol. The van der Waals surface area contributed by atoms with Gasteiger partial charge in [0.2, 0.25) is 0 Å². The number of anilines is 1. The monoisotopic (exact) mass is 323 g/mol. The van der Waals surface area contributed by atoms with Crippen LogP contribution >= 0.6 is 15.9 Å². The maximum atomic E-state index is 5.56. The summed E-state index contributed by atoms with van der Waals surface area (Å²) in [4.78, 5) is 0. The molecule has 100 valence electrons. The van der Waals surface area contributed by atoms with Crippen molar-refractivity contribution in [3.63, 3.8) is 0 Å². The molecule has 1 aliphatic heterocycles. The van der Waals surface area contributed by atoms with E-state index in [1.165, 1.54) is 0 Å². The van der Waals surface area contributed by atoms with E-state index in [2.05, 4.69) is 21.2 Å². The smallest absolute Gasteiger partial charge is 0.169 e. The van der Waals surface area contributed by atoms with Crippen LogP contribution in [0.3, 0.4) is 0 Å². The lowest BCUT2D eigenvalue weighted by Gasteiger charge is -2.20. The maximum absolute atomic E-state index is 5.56. The van der Waals surface area contributed by atoms with Crippen molar-refractivity contribution in [2.75, 3.05) is 18.5 Å². The number of fused-ring (bicyclic) bond motifs is 1. The minimum atomic E-state index is 0.0776. The van der Waals surface area contributed by atoms with Gasteiger partial charge in [0, 0.05) is 11.8 Å². The highest BCUT2D eigenvalue weighted by Crippen LogP contribution is 2.34. The summed E-state index contributed by atoms with van der Waals surface area (Å²) in [6.07, 6.45) is 0. The fourth-order valence-corrected chi connectivity index (χ4v) is 2.33. The van der Waals surface area contributed by atoms with Gasteiger partial charge in [0.05, 0.1) is 6.04 Å². The summed E-state index contributed by atoms with van der Waals surface area (Å²) in [7, 11) is 0. The first-order valence-corrected chi connectivity index (χ1v) is 6.93. The third-order valence-corrected chi connectivity index (χ3v) is 3.37.